The third-order valence-electron chi connectivity index (χ3n) is 3.01. The van der Waals surface area contributed by atoms with Crippen LogP contribution in [0.4, 0.5) is 0 Å². The van der Waals surface area contributed by atoms with Crippen LogP contribution in [0.15, 0.2) is 29.2 Å². The van der Waals surface area contributed by atoms with Crippen molar-refractivity contribution in [3.8, 4) is 5.82 Å². The molecule has 7 nitrogen and oxygen atoms in total. The molecule has 2 aromatic heterocycles. The standard InChI is InChI=1S/C12H11N3O4/c16-11-10(12(17)18)8-7-19-6-5-14(8)15(11)9-3-1-2-4-13-9/h1-4H,5-7H2,(H,17,18). The lowest BCUT2D eigenvalue weighted by atomic mass is 10.2. The molecule has 1 N–H and O–H groups in total. The molecule has 0 spiro atoms. The van der Waals surface area contributed by atoms with Gasteiger partial charge in [-0.25, -0.2) is 9.78 Å². The second-order valence-electron chi connectivity index (χ2n) is 4.11. The van der Waals surface area contributed by atoms with Crippen LogP contribution < -0.4 is 5.56 Å². The molecule has 0 saturated heterocycles. The van der Waals surface area contributed by atoms with Gasteiger partial charge in [-0.15, -0.1) is 0 Å². The summed E-state index contributed by atoms with van der Waals surface area (Å²) in [6.07, 6.45) is 1.56. The van der Waals surface area contributed by atoms with Crippen molar-refractivity contribution in [2.24, 2.45) is 0 Å². The first kappa shape index (κ1) is 11.7. The molecular formula is C12H11N3O4. The number of hydrogen-bond donors (Lipinski definition) is 1. The van der Waals surface area contributed by atoms with Gasteiger partial charge in [0.25, 0.3) is 5.56 Å². The van der Waals surface area contributed by atoms with E-state index in [1.54, 1.807) is 29.1 Å². The number of aromatic nitrogens is 3. The van der Waals surface area contributed by atoms with Gasteiger partial charge >= 0.3 is 5.97 Å². The number of carbonyl (C=O) groups is 1. The number of fused-ring (bicyclic) bond motifs is 1. The molecule has 0 unspecified atom stereocenters. The maximum Gasteiger partial charge on any atom is 0.343 e. The van der Waals surface area contributed by atoms with Crippen molar-refractivity contribution in [3.05, 3.63) is 46.0 Å². The fourth-order valence-electron chi connectivity index (χ4n) is 2.21. The first-order chi connectivity index (χ1) is 9.20. The highest BCUT2D eigenvalue weighted by molar-refractivity contribution is 5.88. The predicted molar refractivity (Wildman–Crippen MR) is 64.4 cm³/mol. The molecule has 0 aliphatic carbocycles. The van der Waals surface area contributed by atoms with Gasteiger partial charge in [0.15, 0.2) is 5.82 Å². The highest BCUT2D eigenvalue weighted by Gasteiger charge is 2.27. The third kappa shape index (κ3) is 1.75. The lowest BCUT2D eigenvalue weighted by Gasteiger charge is -2.18. The summed E-state index contributed by atoms with van der Waals surface area (Å²) in [5.41, 5.74) is -0.438. The lowest BCUT2D eigenvalue weighted by molar-refractivity contribution is 0.0648. The Labute approximate surface area is 107 Å². The molecule has 0 saturated carbocycles. The molecule has 1 aliphatic rings. The topological polar surface area (TPSA) is 86.4 Å². The number of carboxylic acid groups (broad SMARTS) is 1. The molecule has 3 heterocycles. The van der Waals surface area contributed by atoms with Gasteiger partial charge in [-0.2, -0.15) is 4.68 Å². The molecule has 0 fully saturated rings. The van der Waals surface area contributed by atoms with Crippen LogP contribution in [0.25, 0.3) is 5.82 Å². The maximum absolute atomic E-state index is 12.3. The summed E-state index contributed by atoms with van der Waals surface area (Å²) >= 11 is 0. The maximum atomic E-state index is 12.3. The normalized spacial score (nSPS) is 14.1. The quantitative estimate of drug-likeness (QED) is 0.838. The van der Waals surface area contributed by atoms with Crippen LogP contribution in [-0.4, -0.2) is 32.0 Å². The fourth-order valence-corrected chi connectivity index (χ4v) is 2.21. The summed E-state index contributed by atoms with van der Waals surface area (Å²) < 4.78 is 8.15. The van der Waals surface area contributed by atoms with E-state index < -0.39 is 11.5 Å². The van der Waals surface area contributed by atoms with Crippen molar-refractivity contribution in [1.82, 2.24) is 14.3 Å². The summed E-state index contributed by atoms with van der Waals surface area (Å²) in [6.45, 7) is 0.984. The van der Waals surface area contributed by atoms with E-state index in [9.17, 15) is 14.7 Å². The molecule has 3 rings (SSSR count). The molecule has 19 heavy (non-hydrogen) atoms. The van der Waals surface area contributed by atoms with E-state index in [0.29, 0.717) is 24.7 Å². The Balaban J connectivity index is 2.31. The van der Waals surface area contributed by atoms with Gasteiger partial charge in [0.05, 0.1) is 25.5 Å². The Morgan fingerprint density at radius 3 is 2.95 bits per heavy atom. The Hall–Kier alpha value is -2.41. The van der Waals surface area contributed by atoms with Gasteiger partial charge < -0.3 is 9.84 Å². The summed E-state index contributed by atoms with van der Waals surface area (Å²) in [5, 5.41) is 9.18. The van der Waals surface area contributed by atoms with Crippen molar-refractivity contribution in [1.29, 1.82) is 0 Å². The van der Waals surface area contributed by atoms with Gasteiger partial charge in [0.1, 0.15) is 5.56 Å². The molecule has 0 aromatic carbocycles. The second-order valence-corrected chi connectivity index (χ2v) is 4.11. The van der Waals surface area contributed by atoms with E-state index in [0.717, 1.165) is 0 Å². The first-order valence-electron chi connectivity index (χ1n) is 5.77. The molecule has 0 amide bonds. The van der Waals surface area contributed by atoms with Gasteiger partial charge in [0, 0.05) is 6.20 Å². The van der Waals surface area contributed by atoms with Crippen molar-refractivity contribution >= 4 is 5.97 Å². The molecule has 0 radical (unpaired) electrons. The summed E-state index contributed by atoms with van der Waals surface area (Å²) in [4.78, 5) is 27.6. The zero-order chi connectivity index (χ0) is 13.4. The van der Waals surface area contributed by atoms with E-state index in [2.05, 4.69) is 4.98 Å². The highest BCUT2D eigenvalue weighted by Crippen LogP contribution is 2.15. The lowest BCUT2D eigenvalue weighted by Crippen LogP contribution is -2.26. The zero-order valence-electron chi connectivity index (χ0n) is 9.94. The smallest absolute Gasteiger partial charge is 0.343 e. The number of ether oxygens (including phenoxy) is 1. The highest BCUT2D eigenvalue weighted by atomic mass is 16.5. The largest absolute Gasteiger partial charge is 0.477 e. The van der Waals surface area contributed by atoms with E-state index in [1.807, 2.05) is 0 Å². The number of hydrogen-bond acceptors (Lipinski definition) is 4. The fraction of sp³-hybridized carbons (Fsp3) is 0.250. The number of carboxylic acids is 1. The molecule has 0 bridgehead atoms. The van der Waals surface area contributed by atoms with Crippen molar-refractivity contribution in [2.45, 2.75) is 13.2 Å². The SMILES string of the molecule is O=C(O)c1c2n(n(-c3ccccn3)c1=O)CCOC2. The van der Waals surface area contributed by atoms with Crippen molar-refractivity contribution in [2.75, 3.05) is 6.61 Å². The average molecular weight is 261 g/mol. The zero-order valence-corrected chi connectivity index (χ0v) is 9.94. The van der Waals surface area contributed by atoms with Crippen LogP contribution >= 0.6 is 0 Å². The van der Waals surface area contributed by atoms with E-state index in [4.69, 9.17) is 4.74 Å². The second kappa shape index (κ2) is 4.36. The molecular weight excluding hydrogens is 250 g/mol. The minimum absolute atomic E-state index is 0.122. The number of rotatable bonds is 2. The number of pyridine rings is 1. The van der Waals surface area contributed by atoms with Gasteiger partial charge in [-0.05, 0) is 12.1 Å². The monoisotopic (exact) mass is 261 g/mol. The van der Waals surface area contributed by atoms with Crippen LogP contribution in [0.1, 0.15) is 16.1 Å². The molecule has 7 heteroatoms. The minimum Gasteiger partial charge on any atom is -0.477 e. The molecule has 0 atom stereocenters. The summed E-state index contributed by atoms with van der Waals surface area (Å²) in [5.74, 6) is -0.836. The van der Waals surface area contributed by atoms with Crippen molar-refractivity contribution in [3.63, 3.8) is 0 Å². The Morgan fingerprint density at radius 2 is 2.26 bits per heavy atom. The van der Waals surface area contributed by atoms with Crippen LogP contribution in [-0.2, 0) is 17.9 Å². The summed E-state index contributed by atoms with van der Waals surface area (Å²) in [7, 11) is 0. The van der Waals surface area contributed by atoms with Crippen molar-refractivity contribution < 1.29 is 14.6 Å². The Bertz CT molecular complexity index is 687. The molecule has 98 valence electrons. The van der Waals surface area contributed by atoms with Gasteiger partial charge in [-0.3, -0.25) is 9.48 Å². The van der Waals surface area contributed by atoms with Crippen LogP contribution in [0.2, 0.25) is 0 Å². The Kier molecular flexibility index (Phi) is 2.68. The number of aromatic carboxylic acids is 1. The van der Waals surface area contributed by atoms with Crippen LogP contribution in [0.3, 0.4) is 0 Å². The van der Waals surface area contributed by atoms with E-state index in [-0.39, 0.29) is 12.2 Å². The van der Waals surface area contributed by atoms with Gasteiger partial charge in [0.2, 0.25) is 0 Å². The summed E-state index contributed by atoms with van der Waals surface area (Å²) in [6, 6.07) is 5.14. The Morgan fingerprint density at radius 1 is 1.42 bits per heavy atom. The average Bonchev–Trinajstić information content (AvgIpc) is 2.71. The first-order valence-corrected chi connectivity index (χ1v) is 5.77. The van der Waals surface area contributed by atoms with Crippen LogP contribution in [0, 0.1) is 0 Å². The number of nitrogens with zero attached hydrogens (tertiary/aromatic N) is 3. The van der Waals surface area contributed by atoms with E-state index >= 15 is 0 Å². The van der Waals surface area contributed by atoms with Crippen LogP contribution in [0.5, 0.6) is 0 Å². The van der Waals surface area contributed by atoms with Gasteiger partial charge in [-0.1, -0.05) is 6.07 Å². The van der Waals surface area contributed by atoms with E-state index in [1.165, 1.54) is 4.68 Å². The predicted octanol–water partition coefficient (Wildman–Crippen LogP) is 0.262. The molecule has 2 aromatic rings. The minimum atomic E-state index is -1.24. The third-order valence-corrected chi connectivity index (χ3v) is 3.01. The molecule has 1 aliphatic heterocycles.